The summed E-state index contributed by atoms with van der Waals surface area (Å²) in [4.78, 5) is 11.1. The fourth-order valence-corrected chi connectivity index (χ4v) is 1.62. The molecular formula is C13H12N2O2. The smallest absolute Gasteiger partial charge is 0.335 e. The summed E-state index contributed by atoms with van der Waals surface area (Å²) < 4.78 is 5.01. The maximum absolute atomic E-state index is 11.1. The van der Waals surface area contributed by atoms with Crippen LogP contribution in [0, 0.1) is 0 Å². The zero-order valence-electron chi connectivity index (χ0n) is 9.14. The van der Waals surface area contributed by atoms with Gasteiger partial charge in [0.05, 0.1) is 0 Å². The van der Waals surface area contributed by atoms with Gasteiger partial charge in [0.25, 0.3) is 0 Å². The van der Waals surface area contributed by atoms with Gasteiger partial charge in [-0.05, 0) is 35.7 Å². The summed E-state index contributed by atoms with van der Waals surface area (Å²) in [6.45, 7) is 3.33. The highest BCUT2D eigenvalue weighted by Crippen LogP contribution is 2.28. The van der Waals surface area contributed by atoms with Gasteiger partial charge in [0.2, 0.25) is 0 Å². The first-order valence-electron chi connectivity index (χ1n) is 5.03. The third kappa shape index (κ3) is 2.20. The molecule has 86 valence electrons. The Labute approximate surface area is 98.5 Å². The summed E-state index contributed by atoms with van der Waals surface area (Å²) >= 11 is 0. The molecule has 0 aliphatic carbocycles. The van der Waals surface area contributed by atoms with Crippen molar-refractivity contribution >= 4 is 28.1 Å². The molecule has 0 saturated heterocycles. The second-order valence-corrected chi connectivity index (χ2v) is 3.62. The highest BCUT2D eigenvalue weighted by molar-refractivity contribution is 5.96. The summed E-state index contributed by atoms with van der Waals surface area (Å²) in [7, 11) is 0. The molecule has 0 aliphatic rings. The Morgan fingerprint density at radius 2 is 2.00 bits per heavy atom. The summed E-state index contributed by atoms with van der Waals surface area (Å²) in [6.07, 6.45) is 1.11. The number of fused-ring (bicyclic) bond motifs is 1. The van der Waals surface area contributed by atoms with E-state index < -0.39 is 5.97 Å². The molecule has 0 aromatic heterocycles. The average Bonchev–Trinajstić information content (AvgIpc) is 2.28. The first-order chi connectivity index (χ1) is 8.10. The van der Waals surface area contributed by atoms with Crippen molar-refractivity contribution < 1.29 is 9.53 Å². The van der Waals surface area contributed by atoms with Crippen molar-refractivity contribution in [3.63, 3.8) is 0 Å². The van der Waals surface area contributed by atoms with Gasteiger partial charge < -0.3 is 16.2 Å². The lowest BCUT2D eigenvalue weighted by atomic mass is 10.1. The minimum atomic E-state index is -0.499. The number of hydrogen-bond acceptors (Lipinski definition) is 4. The number of hydrogen-bond donors (Lipinski definition) is 2. The average molecular weight is 228 g/mol. The number of carbonyl (C=O) groups excluding carboxylic acids is 1. The molecule has 4 heteroatoms. The van der Waals surface area contributed by atoms with Crippen LogP contribution in [0.25, 0.3) is 10.8 Å². The van der Waals surface area contributed by atoms with E-state index in [1.807, 2.05) is 0 Å². The number of nitrogens with two attached hydrogens (primary N) is 2. The van der Waals surface area contributed by atoms with Crippen molar-refractivity contribution in [2.45, 2.75) is 0 Å². The van der Waals surface area contributed by atoms with Gasteiger partial charge in [0.15, 0.2) is 0 Å². The molecule has 0 radical (unpaired) electrons. The fraction of sp³-hybridized carbons (Fsp3) is 0. The Hall–Kier alpha value is -2.49. The van der Waals surface area contributed by atoms with E-state index in [1.54, 1.807) is 30.3 Å². The van der Waals surface area contributed by atoms with Gasteiger partial charge in [0.1, 0.15) is 5.75 Å². The number of benzene rings is 2. The van der Waals surface area contributed by atoms with Crippen LogP contribution in [0.5, 0.6) is 5.75 Å². The molecule has 0 aliphatic heterocycles. The van der Waals surface area contributed by atoms with Gasteiger partial charge in [0, 0.05) is 22.8 Å². The van der Waals surface area contributed by atoms with Crippen LogP contribution in [0.3, 0.4) is 0 Å². The summed E-state index contributed by atoms with van der Waals surface area (Å²) in [5.41, 5.74) is 12.7. The monoisotopic (exact) mass is 228 g/mol. The van der Waals surface area contributed by atoms with E-state index in [4.69, 9.17) is 16.2 Å². The van der Waals surface area contributed by atoms with E-state index in [0.717, 1.165) is 16.8 Å². The molecule has 2 rings (SSSR count). The molecule has 0 spiro atoms. The highest BCUT2D eigenvalue weighted by Gasteiger charge is 2.04. The first kappa shape index (κ1) is 11.0. The van der Waals surface area contributed by atoms with Crippen LogP contribution >= 0.6 is 0 Å². The van der Waals surface area contributed by atoms with Crippen LogP contribution in [0.15, 0.2) is 43.0 Å². The lowest BCUT2D eigenvalue weighted by Crippen LogP contribution is -2.02. The minimum absolute atomic E-state index is 0.437. The number of nitrogen functional groups attached to an aromatic ring is 2. The predicted octanol–water partition coefficient (Wildman–Crippen LogP) is 2.10. The molecule has 2 aromatic carbocycles. The van der Waals surface area contributed by atoms with Gasteiger partial charge in [-0.25, -0.2) is 4.79 Å². The Balaban J connectivity index is 2.50. The molecule has 0 bridgehead atoms. The van der Waals surface area contributed by atoms with Crippen molar-refractivity contribution in [3.8, 4) is 5.75 Å². The number of ether oxygens (including phenoxy) is 1. The topological polar surface area (TPSA) is 78.3 Å². The lowest BCUT2D eigenvalue weighted by molar-refractivity contribution is -0.128. The van der Waals surface area contributed by atoms with Crippen LogP contribution in [-0.4, -0.2) is 5.97 Å². The van der Waals surface area contributed by atoms with E-state index in [0.29, 0.717) is 17.1 Å². The lowest BCUT2D eigenvalue weighted by Gasteiger charge is -2.06. The normalized spacial score (nSPS) is 10.1. The largest absolute Gasteiger partial charge is 0.423 e. The van der Waals surface area contributed by atoms with Gasteiger partial charge >= 0.3 is 5.97 Å². The highest BCUT2D eigenvalue weighted by atomic mass is 16.5. The third-order valence-corrected chi connectivity index (χ3v) is 2.36. The molecule has 4 nitrogen and oxygen atoms in total. The van der Waals surface area contributed by atoms with Gasteiger partial charge in [-0.3, -0.25) is 0 Å². The molecule has 17 heavy (non-hydrogen) atoms. The summed E-state index contributed by atoms with van der Waals surface area (Å²) in [6, 6.07) is 8.64. The SMILES string of the molecule is C=CC(=O)Oc1ccc2c(N)cc(N)cc2c1. The van der Waals surface area contributed by atoms with Crippen LogP contribution in [0.4, 0.5) is 11.4 Å². The second-order valence-electron chi connectivity index (χ2n) is 3.62. The number of anilines is 2. The van der Waals surface area contributed by atoms with Crippen LogP contribution in [0.1, 0.15) is 0 Å². The number of rotatable bonds is 2. The van der Waals surface area contributed by atoms with Gasteiger partial charge in [-0.2, -0.15) is 0 Å². The van der Waals surface area contributed by atoms with Crippen molar-refractivity contribution in [3.05, 3.63) is 43.0 Å². The first-order valence-corrected chi connectivity index (χ1v) is 5.03. The molecule has 0 heterocycles. The maximum atomic E-state index is 11.1. The summed E-state index contributed by atoms with van der Waals surface area (Å²) in [5.74, 6) is -0.0615. The van der Waals surface area contributed by atoms with E-state index in [-0.39, 0.29) is 0 Å². The molecule has 0 unspecified atom stereocenters. The van der Waals surface area contributed by atoms with Gasteiger partial charge in [-0.1, -0.05) is 6.58 Å². The summed E-state index contributed by atoms with van der Waals surface area (Å²) in [5, 5.41) is 1.70. The van der Waals surface area contributed by atoms with Crippen molar-refractivity contribution in [1.29, 1.82) is 0 Å². The zero-order valence-corrected chi connectivity index (χ0v) is 9.14. The Morgan fingerprint density at radius 3 is 2.71 bits per heavy atom. The van der Waals surface area contributed by atoms with E-state index >= 15 is 0 Å². The van der Waals surface area contributed by atoms with Crippen molar-refractivity contribution in [1.82, 2.24) is 0 Å². The quantitative estimate of drug-likeness (QED) is 0.357. The van der Waals surface area contributed by atoms with Crippen molar-refractivity contribution in [2.24, 2.45) is 0 Å². The Bertz CT molecular complexity index is 606. The predicted molar refractivity (Wildman–Crippen MR) is 68.6 cm³/mol. The minimum Gasteiger partial charge on any atom is -0.423 e. The molecule has 0 saturated carbocycles. The number of carbonyl (C=O) groups is 1. The van der Waals surface area contributed by atoms with E-state index in [1.165, 1.54) is 0 Å². The van der Waals surface area contributed by atoms with Crippen LogP contribution in [0.2, 0.25) is 0 Å². The number of esters is 1. The zero-order chi connectivity index (χ0) is 12.4. The van der Waals surface area contributed by atoms with Crippen LogP contribution < -0.4 is 16.2 Å². The Morgan fingerprint density at radius 1 is 1.24 bits per heavy atom. The second kappa shape index (κ2) is 4.17. The van der Waals surface area contributed by atoms with E-state index in [9.17, 15) is 4.79 Å². The molecule has 0 atom stereocenters. The fourth-order valence-electron chi connectivity index (χ4n) is 1.62. The van der Waals surface area contributed by atoms with Gasteiger partial charge in [-0.15, -0.1) is 0 Å². The molecule has 0 fully saturated rings. The van der Waals surface area contributed by atoms with E-state index in [2.05, 4.69) is 6.58 Å². The molecule has 4 N–H and O–H groups in total. The third-order valence-electron chi connectivity index (χ3n) is 2.36. The molecule has 2 aromatic rings. The molecular weight excluding hydrogens is 216 g/mol. The molecule has 0 amide bonds. The maximum Gasteiger partial charge on any atom is 0.335 e. The Kier molecular flexibility index (Phi) is 2.70. The van der Waals surface area contributed by atoms with Crippen molar-refractivity contribution in [2.75, 3.05) is 11.5 Å². The standard InChI is InChI=1S/C13H12N2O2/c1-2-13(16)17-10-3-4-11-8(6-10)5-9(14)7-12(11)15/h2-7H,1,14-15H2. The van der Waals surface area contributed by atoms with Crippen LogP contribution in [-0.2, 0) is 4.79 Å².